The Morgan fingerprint density at radius 2 is 1.94 bits per heavy atom. The van der Waals surface area contributed by atoms with E-state index in [9.17, 15) is 4.39 Å². The lowest BCUT2D eigenvalue weighted by atomic mass is 9.88. The Kier molecular flexibility index (Phi) is 3.94. The van der Waals surface area contributed by atoms with Crippen molar-refractivity contribution in [3.8, 4) is 11.5 Å². The second-order valence-electron chi connectivity index (χ2n) is 4.94. The number of hydrogen-bond donors (Lipinski definition) is 1. The van der Waals surface area contributed by atoms with Gasteiger partial charge in [0.15, 0.2) is 11.6 Å². The zero-order valence-electron chi connectivity index (χ0n) is 10.9. The van der Waals surface area contributed by atoms with Gasteiger partial charge >= 0.3 is 0 Å². The van der Waals surface area contributed by atoms with Crippen LogP contribution in [0.3, 0.4) is 0 Å². The normalized spacial score (nSPS) is 23.7. The lowest BCUT2D eigenvalue weighted by Crippen LogP contribution is -2.28. The first-order valence-electron chi connectivity index (χ1n) is 6.41. The quantitative estimate of drug-likeness (QED) is 0.840. The van der Waals surface area contributed by atoms with Gasteiger partial charge in [-0.1, -0.05) is 13.3 Å². The topological polar surface area (TPSA) is 44.5 Å². The van der Waals surface area contributed by atoms with Crippen LogP contribution in [-0.2, 0) is 0 Å². The van der Waals surface area contributed by atoms with Gasteiger partial charge in [-0.15, -0.1) is 0 Å². The molecular formula is C14H20FNO2. The lowest BCUT2D eigenvalue weighted by molar-refractivity contribution is 0.103. The van der Waals surface area contributed by atoms with Crippen LogP contribution in [0.4, 0.5) is 10.1 Å². The van der Waals surface area contributed by atoms with Gasteiger partial charge in [-0.05, 0) is 25.2 Å². The summed E-state index contributed by atoms with van der Waals surface area (Å²) in [5.74, 6) is 0.739. The summed E-state index contributed by atoms with van der Waals surface area (Å²) in [5.41, 5.74) is 6.11. The van der Waals surface area contributed by atoms with Crippen LogP contribution in [0.25, 0.3) is 0 Å². The fourth-order valence-electron chi connectivity index (χ4n) is 2.43. The Morgan fingerprint density at radius 1 is 1.22 bits per heavy atom. The average molecular weight is 253 g/mol. The van der Waals surface area contributed by atoms with Crippen LogP contribution < -0.4 is 15.2 Å². The van der Waals surface area contributed by atoms with Crippen LogP contribution in [0.5, 0.6) is 11.5 Å². The number of anilines is 1. The van der Waals surface area contributed by atoms with E-state index >= 15 is 0 Å². The van der Waals surface area contributed by atoms with Crippen molar-refractivity contribution in [3.63, 3.8) is 0 Å². The molecule has 0 aromatic heterocycles. The van der Waals surface area contributed by atoms with Crippen molar-refractivity contribution in [2.24, 2.45) is 5.92 Å². The molecule has 3 nitrogen and oxygen atoms in total. The standard InChI is InChI=1S/C14H20FNO2/c1-9-5-3-4-6-12(9)18-14-8-13(17-2)10(15)7-11(14)16/h7-9,12H,3-6,16H2,1-2H3. The molecule has 0 radical (unpaired) electrons. The van der Waals surface area contributed by atoms with Gasteiger partial charge in [-0.2, -0.15) is 0 Å². The molecule has 18 heavy (non-hydrogen) atoms. The first kappa shape index (κ1) is 13.0. The molecule has 1 aromatic carbocycles. The van der Waals surface area contributed by atoms with E-state index < -0.39 is 5.82 Å². The largest absolute Gasteiger partial charge is 0.494 e. The molecule has 1 saturated carbocycles. The van der Waals surface area contributed by atoms with E-state index in [1.165, 1.54) is 38.5 Å². The van der Waals surface area contributed by atoms with Gasteiger partial charge in [0, 0.05) is 12.1 Å². The fraction of sp³-hybridized carbons (Fsp3) is 0.571. The molecule has 0 amide bonds. The van der Waals surface area contributed by atoms with Gasteiger partial charge in [0.05, 0.1) is 12.8 Å². The zero-order chi connectivity index (χ0) is 13.1. The van der Waals surface area contributed by atoms with Gasteiger partial charge in [-0.25, -0.2) is 4.39 Å². The number of ether oxygens (including phenoxy) is 2. The predicted molar refractivity (Wildman–Crippen MR) is 69.4 cm³/mol. The molecule has 100 valence electrons. The van der Waals surface area contributed by atoms with Gasteiger partial charge in [-0.3, -0.25) is 0 Å². The maximum atomic E-state index is 13.4. The summed E-state index contributed by atoms with van der Waals surface area (Å²) < 4.78 is 24.3. The van der Waals surface area contributed by atoms with Gasteiger partial charge in [0.25, 0.3) is 0 Å². The average Bonchev–Trinajstić information content (AvgIpc) is 2.35. The second kappa shape index (κ2) is 5.46. The highest BCUT2D eigenvalue weighted by atomic mass is 19.1. The zero-order valence-corrected chi connectivity index (χ0v) is 10.9. The molecule has 1 aliphatic rings. The summed E-state index contributed by atoms with van der Waals surface area (Å²) in [7, 11) is 1.43. The van der Waals surface area contributed by atoms with E-state index in [4.69, 9.17) is 15.2 Å². The molecule has 0 saturated heterocycles. The van der Waals surface area contributed by atoms with Crippen LogP contribution in [-0.4, -0.2) is 13.2 Å². The molecule has 0 bridgehead atoms. The van der Waals surface area contributed by atoms with E-state index in [1.807, 2.05) is 0 Å². The first-order chi connectivity index (χ1) is 8.61. The van der Waals surface area contributed by atoms with Crippen molar-refractivity contribution >= 4 is 5.69 Å². The highest BCUT2D eigenvalue weighted by molar-refractivity contribution is 5.56. The monoisotopic (exact) mass is 253 g/mol. The molecule has 0 aliphatic heterocycles. The summed E-state index contributed by atoms with van der Waals surface area (Å²) in [5, 5.41) is 0. The fourth-order valence-corrected chi connectivity index (χ4v) is 2.43. The molecular weight excluding hydrogens is 233 g/mol. The van der Waals surface area contributed by atoms with Crippen LogP contribution in [0.15, 0.2) is 12.1 Å². The molecule has 2 rings (SSSR count). The Morgan fingerprint density at radius 3 is 2.61 bits per heavy atom. The summed E-state index contributed by atoms with van der Waals surface area (Å²) >= 11 is 0. The van der Waals surface area contributed by atoms with Crippen molar-refractivity contribution < 1.29 is 13.9 Å². The first-order valence-corrected chi connectivity index (χ1v) is 6.41. The minimum atomic E-state index is -0.459. The molecule has 4 heteroatoms. The minimum Gasteiger partial charge on any atom is -0.494 e. The Hall–Kier alpha value is -1.45. The summed E-state index contributed by atoms with van der Waals surface area (Å²) in [6, 6.07) is 2.79. The number of nitrogen functional groups attached to an aromatic ring is 1. The van der Waals surface area contributed by atoms with Crippen molar-refractivity contribution in [2.45, 2.75) is 38.7 Å². The number of rotatable bonds is 3. The Labute approximate surface area is 107 Å². The third-order valence-electron chi connectivity index (χ3n) is 3.60. The van der Waals surface area contributed by atoms with Gasteiger partial charge in [0.1, 0.15) is 11.9 Å². The minimum absolute atomic E-state index is 0.163. The number of nitrogens with two attached hydrogens (primary N) is 1. The highest BCUT2D eigenvalue weighted by Crippen LogP contribution is 2.34. The molecule has 0 spiro atoms. The number of methoxy groups -OCH3 is 1. The van der Waals surface area contributed by atoms with E-state index in [-0.39, 0.29) is 11.9 Å². The van der Waals surface area contributed by atoms with Crippen molar-refractivity contribution in [2.75, 3.05) is 12.8 Å². The highest BCUT2D eigenvalue weighted by Gasteiger charge is 2.24. The van der Waals surface area contributed by atoms with Crippen molar-refractivity contribution in [1.29, 1.82) is 0 Å². The van der Waals surface area contributed by atoms with Crippen molar-refractivity contribution in [1.82, 2.24) is 0 Å². The Bertz CT molecular complexity index is 423. The van der Waals surface area contributed by atoms with Gasteiger partial charge < -0.3 is 15.2 Å². The number of hydrogen-bond acceptors (Lipinski definition) is 3. The molecule has 0 heterocycles. The smallest absolute Gasteiger partial charge is 0.167 e. The lowest BCUT2D eigenvalue weighted by Gasteiger charge is -2.29. The molecule has 1 aliphatic carbocycles. The molecule has 2 atom stereocenters. The van der Waals surface area contributed by atoms with E-state index in [2.05, 4.69) is 6.92 Å². The van der Waals surface area contributed by atoms with Gasteiger partial charge in [0.2, 0.25) is 0 Å². The molecule has 2 N–H and O–H groups in total. The summed E-state index contributed by atoms with van der Waals surface area (Å²) in [6.45, 7) is 2.18. The molecule has 2 unspecified atom stereocenters. The van der Waals surface area contributed by atoms with E-state index in [1.54, 1.807) is 0 Å². The van der Waals surface area contributed by atoms with E-state index in [0.29, 0.717) is 17.4 Å². The van der Waals surface area contributed by atoms with E-state index in [0.717, 1.165) is 6.42 Å². The maximum Gasteiger partial charge on any atom is 0.167 e. The SMILES string of the molecule is COc1cc(OC2CCCCC2C)c(N)cc1F. The number of benzene rings is 1. The summed E-state index contributed by atoms with van der Waals surface area (Å²) in [4.78, 5) is 0. The van der Waals surface area contributed by atoms with Crippen LogP contribution in [0, 0.1) is 11.7 Å². The molecule has 1 fully saturated rings. The van der Waals surface area contributed by atoms with Crippen LogP contribution in [0.1, 0.15) is 32.6 Å². The third-order valence-corrected chi connectivity index (χ3v) is 3.60. The maximum absolute atomic E-state index is 13.4. The van der Waals surface area contributed by atoms with Crippen LogP contribution in [0.2, 0.25) is 0 Å². The Balaban J connectivity index is 2.17. The predicted octanol–water partition coefficient (Wildman–Crippen LogP) is 3.37. The molecule has 1 aromatic rings. The number of halogens is 1. The summed E-state index contributed by atoms with van der Waals surface area (Å²) in [6.07, 6.45) is 4.79. The third kappa shape index (κ3) is 2.68. The van der Waals surface area contributed by atoms with Crippen LogP contribution >= 0.6 is 0 Å². The van der Waals surface area contributed by atoms with Crippen molar-refractivity contribution in [3.05, 3.63) is 17.9 Å². The second-order valence-corrected chi connectivity index (χ2v) is 4.94.